The third kappa shape index (κ3) is 2.56. The van der Waals surface area contributed by atoms with Gasteiger partial charge in [0.05, 0.1) is 5.69 Å². The van der Waals surface area contributed by atoms with Gasteiger partial charge in [-0.15, -0.1) is 0 Å². The smallest absolute Gasteiger partial charge is 0.108 e. The summed E-state index contributed by atoms with van der Waals surface area (Å²) in [6, 6.07) is 8.43. The molecular formula is C14H19N3. The number of rotatable bonds is 3. The summed E-state index contributed by atoms with van der Waals surface area (Å²) in [5.74, 6) is 0.968. The fourth-order valence-electron chi connectivity index (χ4n) is 2.02. The zero-order valence-electron chi connectivity index (χ0n) is 10.6. The standard InChI is InChI=1S/C14H19N3/c1-9-6-4-5-7-12(9)14-11(3)16-13(17-14)8-10(2)15/h4-7,10H,8,15H2,1-3H3,(H,16,17). The Morgan fingerprint density at radius 3 is 2.65 bits per heavy atom. The third-order valence-corrected chi connectivity index (χ3v) is 2.85. The minimum Gasteiger partial charge on any atom is -0.346 e. The molecule has 1 heterocycles. The molecule has 1 aromatic carbocycles. The van der Waals surface area contributed by atoms with E-state index in [-0.39, 0.29) is 6.04 Å². The molecule has 1 atom stereocenters. The lowest BCUT2D eigenvalue weighted by atomic mass is 10.1. The lowest BCUT2D eigenvalue weighted by Crippen LogP contribution is -2.18. The summed E-state index contributed by atoms with van der Waals surface area (Å²) in [6.45, 7) is 6.15. The zero-order valence-corrected chi connectivity index (χ0v) is 10.6. The van der Waals surface area contributed by atoms with E-state index in [1.165, 1.54) is 11.1 Å². The van der Waals surface area contributed by atoms with Crippen LogP contribution < -0.4 is 5.73 Å². The number of aromatic nitrogens is 2. The van der Waals surface area contributed by atoms with Gasteiger partial charge in [-0.05, 0) is 26.3 Å². The topological polar surface area (TPSA) is 54.7 Å². The van der Waals surface area contributed by atoms with Crippen LogP contribution in [0.2, 0.25) is 0 Å². The van der Waals surface area contributed by atoms with Gasteiger partial charge in [0, 0.05) is 23.7 Å². The van der Waals surface area contributed by atoms with Crippen molar-refractivity contribution in [3.05, 3.63) is 41.3 Å². The van der Waals surface area contributed by atoms with Gasteiger partial charge >= 0.3 is 0 Å². The fourth-order valence-corrected chi connectivity index (χ4v) is 2.02. The Bertz CT molecular complexity index is 512. The number of imidazole rings is 1. The molecule has 0 amide bonds. The minimum absolute atomic E-state index is 0.130. The van der Waals surface area contributed by atoms with E-state index in [0.29, 0.717) is 0 Å². The van der Waals surface area contributed by atoms with Crippen molar-refractivity contribution < 1.29 is 0 Å². The number of benzene rings is 1. The summed E-state index contributed by atoms with van der Waals surface area (Å²) in [7, 11) is 0. The maximum absolute atomic E-state index is 5.79. The van der Waals surface area contributed by atoms with Crippen LogP contribution >= 0.6 is 0 Å². The monoisotopic (exact) mass is 229 g/mol. The number of hydrogen-bond acceptors (Lipinski definition) is 2. The Hall–Kier alpha value is -1.61. The molecule has 1 aromatic heterocycles. The SMILES string of the molecule is Cc1ccccc1-c1nc(CC(C)N)[nH]c1C. The normalized spacial score (nSPS) is 12.7. The first-order chi connectivity index (χ1) is 8.08. The van der Waals surface area contributed by atoms with Crippen molar-refractivity contribution in [1.29, 1.82) is 0 Å². The number of nitrogens with two attached hydrogens (primary N) is 1. The largest absolute Gasteiger partial charge is 0.346 e. The third-order valence-electron chi connectivity index (χ3n) is 2.85. The van der Waals surface area contributed by atoms with E-state index in [4.69, 9.17) is 5.73 Å². The summed E-state index contributed by atoms with van der Waals surface area (Å²) in [5, 5.41) is 0. The molecule has 0 fully saturated rings. The van der Waals surface area contributed by atoms with Crippen molar-refractivity contribution in [3.8, 4) is 11.3 Å². The second-order valence-corrected chi connectivity index (χ2v) is 4.65. The van der Waals surface area contributed by atoms with Gasteiger partial charge in [0.15, 0.2) is 0 Å². The number of nitrogens with one attached hydrogen (secondary N) is 1. The number of H-pyrrole nitrogens is 1. The van der Waals surface area contributed by atoms with E-state index in [2.05, 4.69) is 35.9 Å². The molecule has 3 N–H and O–H groups in total. The number of aromatic amines is 1. The Labute approximate surface area is 102 Å². The summed E-state index contributed by atoms with van der Waals surface area (Å²) in [5.41, 5.74) is 10.4. The second-order valence-electron chi connectivity index (χ2n) is 4.65. The molecule has 90 valence electrons. The van der Waals surface area contributed by atoms with Gasteiger partial charge in [0.25, 0.3) is 0 Å². The first-order valence-corrected chi connectivity index (χ1v) is 5.95. The average molecular weight is 229 g/mol. The highest BCUT2D eigenvalue weighted by atomic mass is 14.9. The molecule has 0 aliphatic rings. The molecule has 0 spiro atoms. The first kappa shape index (κ1) is 11.9. The van der Waals surface area contributed by atoms with E-state index in [1.807, 2.05) is 19.1 Å². The van der Waals surface area contributed by atoms with Crippen molar-refractivity contribution >= 4 is 0 Å². The van der Waals surface area contributed by atoms with E-state index in [9.17, 15) is 0 Å². The highest BCUT2D eigenvalue weighted by Crippen LogP contribution is 2.24. The predicted octanol–water partition coefficient (Wildman–Crippen LogP) is 2.58. The van der Waals surface area contributed by atoms with Crippen LogP contribution in [0.25, 0.3) is 11.3 Å². The molecule has 17 heavy (non-hydrogen) atoms. The van der Waals surface area contributed by atoms with Crippen LogP contribution in [-0.4, -0.2) is 16.0 Å². The van der Waals surface area contributed by atoms with Gasteiger partial charge in [-0.2, -0.15) is 0 Å². The van der Waals surface area contributed by atoms with Crippen LogP contribution in [0.1, 0.15) is 24.0 Å². The van der Waals surface area contributed by atoms with Crippen LogP contribution in [0.4, 0.5) is 0 Å². The molecule has 0 aliphatic heterocycles. The van der Waals surface area contributed by atoms with Crippen LogP contribution in [0, 0.1) is 13.8 Å². The van der Waals surface area contributed by atoms with Gasteiger partial charge in [0.2, 0.25) is 0 Å². The van der Waals surface area contributed by atoms with Gasteiger partial charge in [-0.1, -0.05) is 24.3 Å². The van der Waals surface area contributed by atoms with Gasteiger partial charge < -0.3 is 10.7 Å². The number of hydrogen-bond donors (Lipinski definition) is 2. The highest BCUT2D eigenvalue weighted by Gasteiger charge is 2.11. The summed E-state index contributed by atoms with van der Waals surface area (Å²) in [6.07, 6.45) is 0.784. The maximum Gasteiger partial charge on any atom is 0.108 e. The molecule has 3 heteroatoms. The fraction of sp³-hybridized carbons (Fsp3) is 0.357. The van der Waals surface area contributed by atoms with Crippen LogP contribution in [0.5, 0.6) is 0 Å². The Kier molecular flexibility index (Phi) is 3.29. The molecule has 2 rings (SSSR count). The van der Waals surface area contributed by atoms with Crippen molar-refractivity contribution in [2.75, 3.05) is 0 Å². The Morgan fingerprint density at radius 1 is 1.29 bits per heavy atom. The first-order valence-electron chi connectivity index (χ1n) is 5.95. The second kappa shape index (κ2) is 4.72. The molecule has 0 aliphatic carbocycles. The lowest BCUT2D eigenvalue weighted by molar-refractivity contribution is 0.709. The molecule has 0 radical (unpaired) electrons. The van der Waals surface area contributed by atoms with Crippen LogP contribution in [0.15, 0.2) is 24.3 Å². The summed E-state index contributed by atoms with van der Waals surface area (Å²) < 4.78 is 0. The van der Waals surface area contributed by atoms with E-state index in [0.717, 1.165) is 23.6 Å². The van der Waals surface area contributed by atoms with Crippen LogP contribution in [-0.2, 0) is 6.42 Å². The summed E-state index contributed by atoms with van der Waals surface area (Å²) >= 11 is 0. The predicted molar refractivity (Wildman–Crippen MR) is 70.9 cm³/mol. The van der Waals surface area contributed by atoms with Crippen molar-refractivity contribution in [2.45, 2.75) is 33.2 Å². The zero-order chi connectivity index (χ0) is 12.4. The lowest BCUT2D eigenvalue weighted by Gasteiger charge is -2.02. The van der Waals surface area contributed by atoms with Gasteiger partial charge in [-0.3, -0.25) is 0 Å². The van der Waals surface area contributed by atoms with E-state index in [1.54, 1.807) is 0 Å². The Morgan fingerprint density at radius 2 is 2.00 bits per heavy atom. The molecule has 0 saturated heterocycles. The average Bonchev–Trinajstić information content (AvgIpc) is 2.59. The molecule has 1 unspecified atom stereocenters. The molecular weight excluding hydrogens is 210 g/mol. The minimum atomic E-state index is 0.130. The van der Waals surface area contributed by atoms with E-state index >= 15 is 0 Å². The molecule has 0 saturated carbocycles. The molecule has 0 bridgehead atoms. The highest BCUT2D eigenvalue weighted by molar-refractivity contribution is 5.65. The van der Waals surface area contributed by atoms with E-state index < -0.39 is 0 Å². The van der Waals surface area contributed by atoms with Gasteiger partial charge in [-0.25, -0.2) is 4.98 Å². The Balaban J connectivity index is 2.40. The number of nitrogens with zero attached hydrogens (tertiary/aromatic N) is 1. The maximum atomic E-state index is 5.79. The van der Waals surface area contributed by atoms with Crippen molar-refractivity contribution in [1.82, 2.24) is 9.97 Å². The molecule has 3 nitrogen and oxygen atoms in total. The van der Waals surface area contributed by atoms with Crippen LogP contribution in [0.3, 0.4) is 0 Å². The van der Waals surface area contributed by atoms with Crippen molar-refractivity contribution in [2.24, 2.45) is 5.73 Å². The quantitative estimate of drug-likeness (QED) is 0.850. The summed E-state index contributed by atoms with van der Waals surface area (Å²) in [4.78, 5) is 7.96. The molecule has 2 aromatic rings. The van der Waals surface area contributed by atoms with Crippen molar-refractivity contribution in [3.63, 3.8) is 0 Å². The van der Waals surface area contributed by atoms with Gasteiger partial charge in [0.1, 0.15) is 5.82 Å². The number of aryl methyl sites for hydroxylation is 2.